The van der Waals surface area contributed by atoms with E-state index in [4.69, 9.17) is 21.1 Å². The molecule has 1 heterocycles. The van der Waals surface area contributed by atoms with E-state index in [2.05, 4.69) is 25.4 Å². The van der Waals surface area contributed by atoms with Crippen LogP contribution in [0.1, 0.15) is 0 Å². The maximum absolute atomic E-state index is 11.8. The fourth-order valence-electron chi connectivity index (χ4n) is 2.85. The molecule has 0 radical (unpaired) electrons. The van der Waals surface area contributed by atoms with Gasteiger partial charge in [-0.1, -0.05) is 11.6 Å². The minimum absolute atomic E-state index is 0. The van der Waals surface area contributed by atoms with E-state index in [-0.39, 0.29) is 36.4 Å². The standard InChI is InChI=1S/C19H30ClN5O3.HI/c1-21-19(23-15-18(26)22-7-13-27-2)25-10-8-24(9-11-25)12-14-28-17-5-3-16(20)4-6-17;/h3-6H,7-15H2,1-2H3,(H,21,23)(H,22,26);1H. The van der Waals surface area contributed by atoms with Crippen molar-refractivity contribution in [1.82, 2.24) is 20.4 Å². The van der Waals surface area contributed by atoms with E-state index in [1.807, 2.05) is 24.3 Å². The number of halogens is 2. The van der Waals surface area contributed by atoms with Crippen molar-refractivity contribution in [3.8, 4) is 5.75 Å². The molecular weight excluding hydrogens is 509 g/mol. The van der Waals surface area contributed by atoms with Gasteiger partial charge < -0.3 is 25.0 Å². The van der Waals surface area contributed by atoms with Crippen molar-refractivity contribution in [3.63, 3.8) is 0 Å². The van der Waals surface area contributed by atoms with Gasteiger partial charge in [-0.05, 0) is 24.3 Å². The zero-order valence-corrected chi connectivity index (χ0v) is 20.1. The number of amides is 1. The number of hydrogen-bond donors (Lipinski definition) is 2. The summed E-state index contributed by atoms with van der Waals surface area (Å²) in [4.78, 5) is 20.6. The third-order valence-electron chi connectivity index (χ3n) is 4.41. The highest BCUT2D eigenvalue weighted by Crippen LogP contribution is 2.15. The van der Waals surface area contributed by atoms with Gasteiger partial charge in [0.2, 0.25) is 5.91 Å². The lowest BCUT2D eigenvalue weighted by molar-refractivity contribution is -0.120. The molecule has 1 aliphatic rings. The molecule has 10 heteroatoms. The largest absolute Gasteiger partial charge is 0.492 e. The number of carbonyl (C=O) groups excluding carboxylic acids is 1. The molecule has 2 N–H and O–H groups in total. The Bertz CT molecular complexity index is 625. The number of carbonyl (C=O) groups is 1. The van der Waals surface area contributed by atoms with Crippen molar-refractivity contribution in [3.05, 3.63) is 29.3 Å². The molecule has 1 aliphatic heterocycles. The van der Waals surface area contributed by atoms with Crippen LogP contribution < -0.4 is 15.4 Å². The minimum Gasteiger partial charge on any atom is -0.492 e. The summed E-state index contributed by atoms with van der Waals surface area (Å²) >= 11 is 5.88. The summed E-state index contributed by atoms with van der Waals surface area (Å²) in [5.74, 6) is 1.51. The molecule has 1 aromatic carbocycles. The molecule has 0 bridgehead atoms. The van der Waals surface area contributed by atoms with Gasteiger partial charge >= 0.3 is 0 Å². The lowest BCUT2D eigenvalue weighted by Crippen LogP contribution is -2.54. The van der Waals surface area contributed by atoms with E-state index >= 15 is 0 Å². The Labute approximate surface area is 195 Å². The number of benzene rings is 1. The first-order valence-electron chi connectivity index (χ1n) is 9.44. The van der Waals surface area contributed by atoms with Crippen molar-refractivity contribution in [2.75, 3.05) is 73.2 Å². The number of guanidine groups is 1. The van der Waals surface area contributed by atoms with Crippen LogP contribution in [0, 0.1) is 0 Å². The maximum atomic E-state index is 11.8. The molecule has 1 fully saturated rings. The normalized spacial score (nSPS) is 14.9. The Morgan fingerprint density at radius 2 is 1.83 bits per heavy atom. The number of nitrogens with zero attached hydrogens (tertiary/aromatic N) is 3. The highest BCUT2D eigenvalue weighted by molar-refractivity contribution is 14.0. The number of ether oxygens (including phenoxy) is 2. The molecule has 0 unspecified atom stereocenters. The molecule has 1 amide bonds. The number of rotatable bonds is 9. The predicted molar refractivity (Wildman–Crippen MR) is 127 cm³/mol. The first-order chi connectivity index (χ1) is 13.6. The lowest BCUT2D eigenvalue weighted by atomic mass is 10.3. The Balaban J connectivity index is 0.00000420. The summed E-state index contributed by atoms with van der Waals surface area (Å²) in [7, 11) is 3.34. The summed E-state index contributed by atoms with van der Waals surface area (Å²) in [6.45, 7) is 6.26. The number of nitrogens with one attached hydrogen (secondary N) is 2. The molecule has 0 aliphatic carbocycles. The molecule has 0 spiro atoms. The Morgan fingerprint density at radius 3 is 2.45 bits per heavy atom. The van der Waals surface area contributed by atoms with Gasteiger partial charge in [0.25, 0.3) is 0 Å². The zero-order chi connectivity index (χ0) is 20.2. The molecule has 164 valence electrons. The van der Waals surface area contributed by atoms with Crippen molar-refractivity contribution in [1.29, 1.82) is 0 Å². The van der Waals surface area contributed by atoms with E-state index in [1.165, 1.54) is 0 Å². The van der Waals surface area contributed by atoms with Crippen LogP contribution in [0.4, 0.5) is 0 Å². The van der Waals surface area contributed by atoms with Gasteiger partial charge in [-0.2, -0.15) is 0 Å². The van der Waals surface area contributed by atoms with Crippen LogP contribution in [0.2, 0.25) is 5.02 Å². The van der Waals surface area contributed by atoms with Crippen LogP contribution in [-0.4, -0.2) is 94.9 Å². The molecule has 0 saturated carbocycles. The number of aliphatic imine (C=N–C) groups is 1. The topological polar surface area (TPSA) is 78.4 Å². The minimum atomic E-state index is -0.0730. The number of hydrogen-bond acceptors (Lipinski definition) is 5. The van der Waals surface area contributed by atoms with E-state index in [9.17, 15) is 4.79 Å². The van der Waals surface area contributed by atoms with Crippen LogP contribution in [-0.2, 0) is 9.53 Å². The highest BCUT2D eigenvalue weighted by Gasteiger charge is 2.19. The Morgan fingerprint density at radius 1 is 1.14 bits per heavy atom. The molecule has 29 heavy (non-hydrogen) atoms. The second-order valence-electron chi connectivity index (χ2n) is 6.37. The average molecular weight is 540 g/mol. The summed E-state index contributed by atoms with van der Waals surface area (Å²) in [5.41, 5.74) is 0. The fourth-order valence-corrected chi connectivity index (χ4v) is 2.98. The summed E-state index contributed by atoms with van der Waals surface area (Å²) < 4.78 is 10.7. The summed E-state index contributed by atoms with van der Waals surface area (Å²) in [6, 6.07) is 7.40. The van der Waals surface area contributed by atoms with E-state index < -0.39 is 0 Å². The highest BCUT2D eigenvalue weighted by atomic mass is 127. The second kappa shape index (κ2) is 14.6. The molecule has 1 aromatic rings. The number of piperazine rings is 1. The first-order valence-corrected chi connectivity index (χ1v) is 9.82. The van der Waals surface area contributed by atoms with Crippen LogP contribution in [0.5, 0.6) is 5.75 Å². The van der Waals surface area contributed by atoms with Crippen LogP contribution in [0.3, 0.4) is 0 Å². The van der Waals surface area contributed by atoms with Gasteiger partial charge in [0.15, 0.2) is 5.96 Å². The lowest BCUT2D eigenvalue weighted by Gasteiger charge is -2.36. The summed E-state index contributed by atoms with van der Waals surface area (Å²) in [6.07, 6.45) is 0. The van der Waals surface area contributed by atoms with Gasteiger partial charge in [-0.3, -0.25) is 14.7 Å². The van der Waals surface area contributed by atoms with Gasteiger partial charge in [0.05, 0.1) is 13.2 Å². The Hall–Kier alpha value is -1.30. The smallest absolute Gasteiger partial charge is 0.239 e. The van der Waals surface area contributed by atoms with Crippen molar-refractivity contribution in [2.45, 2.75) is 0 Å². The van der Waals surface area contributed by atoms with Crippen molar-refractivity contribution < 1.29 is 14.3 Å². The van der Waals surface area contributed by atoms with Crippen LogP contribution >= 0.6 is 35.6 Å². The maximum Gasteiger partial charge on any atom is 0.239 e. The van der Waals surface area contributed by atoms with E-state index in [0.29, 0.717) is 24.8 Å². The second-order valence-corrected chi connectivity index (χ2v) is 6.81. The SMILES string of the molecule is CN=C(NCC(=O)NCCOC)N1CCN(CCOc2ccc(Cl)cc2)CC1.I. The van der Waals surface area contributed by atoms with Crippen molar-refractivity contribution >= 4 is 47.4 Å². The predicted octanol–water partition coefficient (Wildman–Crippen LogP) is 1.29. The quantitative estimate of drug-likeness (QED) is 0.213. The van der Waals surface area contributed by atoms with Gasteiger partial charge in [-0.25, -0.2) is 0 Å². The monoisotopic (exact) mass is 539 g/mol. The first kappa shape index (κ1) is 25.7. The molecule has 0 aromatic heterocycles. The molecule has 1 saturated heterocycles. The van der Waals surface area contributed by atoms with Crippen molar-refractivity contribution in [2.24, 2.45) is 4.99 Å². The van der Waals surface area contributed by atoms with Gasteiger partial charge in [0, 0.05) is 58.4 Å². The molecular formula is C19H31ClIN5O3. The summed E-state index contributed by atoms with van der Waals surface area (Å²) in [5, 5.41) is 6.61. The number of methoxy groups -OCH3 is 1. The van der Waals surface area contributed by atoms with E-state index in [1.54, 1.807) is 14.2 Å². The van der Waals surface area contributed by atoms with E-state index in [0.717, 1.165) is 44.4 Å². The van der Waals surface area contributed by atoms with Crippen LogP contribution in [0.25, 0.3) is 0 Å². The third kappa shape index (κ3) is 9.83. The van der Waals surface area contributed by atoms with Gasteiger partial charge in [0.1, 0.15) is 12.4 Å². The zero-order valence-electron chi connectivity index (χ0n) is 17.0. The molecule has 8 nitrogen and oxygen atoms in total. The molecule has 0 atom stereocenters. The van der Waals surface area contributed by atoms with Gasteiger partial charge in [-0.15, -0.1) is 24.0 Å². The molecule has 2 rings (SSSR count). The average Bonchev–Trinajstić information content (AvgIpc) is 2.71. The fraction of sp³-hybridized carbons (Fsp3) is 0.579. The Kier molecular flexibility index (Phi) is 13.0. The van der Waals surface area contributed by atoms with Crippen LogP contribution in [0.15, 0.2) is 29.3 Å². The third-order valence-corrected chi connectivity index (χ3v) is 4.66.